The van der Waals surface area contributed by atoms with E-state index in [1.54, 1.807) is 37.2 Å². The number of hydrogen-bond acceptors (Lipinski definition) is 18. The predicted octanol–water partition coefficient (Wildman–Crippen LogP) is 0.193. The van der Waals surface area contributed by atoms with E-state index in [9.17, 15) is 54.3 Å². The van der Waals surface area contributed by atoms with Gasteiger partial charge in [0.05, 0.1) is 91.0 Å². The number of nitrogens with zero attached hydrogens (tertiary/aromatic N) is 8. The quantitative estimate of drug-likeness (QED) is 0.0457. The number of aliphatic carboxylic acids is 3. The average Bonchev–Trinajstić information content (AvgIpc) is 3.78. The Morgan fingerprint density at radius 1 is 0.627 bits per heavy atom. The molecule has 414 valence electrons. The van der Waals surface area contributed by atoms with Crippen LogP contribution in [0.4, 0.5) is 0 Å². The van der Waals surface area contributed by atoms with Crippen LogP contribution in [-0.4, -0.2) is 258 Å². The van der Waals surface area contributed by atoms with Crippen molar-refractivity contribution in [2.45, 2.75) is 39.0 Å². The molecule has 2 aliphatic rings. The Morgan fingerprint density at radius 2 is 1.11 bits per heavy atom. The maximum atomic E-state index is 13.0. The summed E-state index contributed by atoms with van der Waals surface area (Å²) in [5.74, 6) is -3.66. The van der Waals surface area contributed by atoms with E-state index in [4.69, 9.17) is 18.9 Å². The largest absolute Gasteiger partial charge is 0.508 e. The van der Waals surface area contributed by atoms with Crippen molar-refractivity contribution in [3.63, 3.8) is 0 Å². The molecule has 0 bridgehead atoms. The Hall–Kier alpha value is -6.32. The van der Waals surface area contributed by atoms with Gasteiger partial charge in [0, 0.05) is 96.2 Å². The van der Waals surface area contributed by atoms with Crippen molar-refractivity contribution < 1.29 is 73.2 Å². The zero-order valence-corrected chi connectivity index (χ0v) is 43.2. The molecule has 0 spiro atoms. The van der Waals surface area contributed by atoms with Crippen LogP contribution in [0.3, 0.4) is 0 Å². The van der Waals surface area contributed by atoms with E-state index in [0.29, 0.717) is 102 Å². The van der Waals surface area contributed by atoms with Crippen LogP contribution < -0.4 is 10.6 Å². The Balaban J connectivity index is 0.911. The molecule has 0 saturated carbocycles. The molecule has 2 fully saturated rings. The van der Waals surface area contributed by atoms with Crippen molar-refractivity contribution in [2.75, 3.05) is 158 Å². The second-order valence-corrected chi connectivity index (χ2v) is 18.5. The van der Waals surface area contributed by atoms with E-state index < -0.39 is 23.8 Å². The summed E-state index contributed by atoms with van der Waals surface area (Å²) in [6.07, 6.45) is 0.238. The number of carboxylic acids is 3. The molecule has 5 rings (SSSR count). The van der Waals surface area contributed by atoms with Gasteiger partial charge in [0.15, 0.2) is 5.82 Å². The number of phenolic OH excluding ortho intramolecular Hbond substituents is 2. The van der Waals surface area contributed by atoms with Crippen LogP contribution in [0, 0.1) is 0 Å². The van der Waals surface area contributed by atoms with Crippen LogP contribution in [0.15, 0.2) is 36.4 Å². The molecule has 3 heterocycles. The highest BCUT2D eigenvalue weighted by atomic mass is 16.6. The molecule has 0 atom stereocenters. The zero-order chi connectivity index (χ0) is 54.3. The number of likely N-dealkylation sites (tertiary alicyclic amines) is 1. The van der Waals surface area contributed by atoms with E-state index >= 15 is 0 Å². The summed E-state index contributed by atoms with van der Waals surface area (Å²) in [6, 6.07) is 10.5. The fourth-order valence-corrected chi connectivity index (χ4v) is 8.50. The van der Waals surface area contributed by atoms with Crippen molar-refractivity contribution in [1.29, 1.82) is 0 Å². The second kappa shape index (κ2) is 30.9. The van der Waals surface area contributed by atoms with Crippen molar-refractivity contribution in [3.05, 3.63) is 53.3 Å². The number of benzene rings is 2. The van der Waals surface area contributed by atoms with Crippen molar-refractivity contribution in [3.8, 4) is 28.6 Å². The first-order valence-electron chi connectivity index (χ1n) is 25.3. The molecule has 25 heteroatoms. The third-order valence-corrected chi connectivity index (χ3v) is 12.6. The summed E-state index contributed by atoms with van der Waals surface area (Å²) in [4.78, 5) is 81.9. The fraction of sp³-hybridized carbons (Fsp3) is 0.600. The number of aromatic nitrogens is 3. The van der Waals surface area contributed by atoms with E-state index in [-0.39, 0.29) is 125 Å². The number of phenols is 2. The lowest BCUT2D eigenvalue weighted by Crippen LogP contribution is -2.50. The molecule has 0 radical (unpaired) electrons. The third kappa shape index (κ3) is 19.7. The van der Waals surface area contributed by atoms with E-state index in [0.717, 1.165) is 5.56 Å². The summed E-state index contributed by atoms with van der Waals surface area (Å²) >= 11 is 0. The number of carbonyl (C=O) groups is 6. The van der Waals surface area contributed by atoms with Crippen LogP contribution >= 0.6 is 0 Å². The maximum absolute atomic E-state index is 13.0. The van der Waals surface area contributed by atoms with Crippen LogP contribution in [0.1, 0.15) is 60.8 Å². The molecule has 75 heavy (non-hydrogen) atoms. The van der Waals surface area contributed by atoms with E-state index in [1.807, 2.05) is 43.0 Å². The first-order valence-corrected chi connectivity index (χ1v) is 25.3. The lowest BCUT2D eigenvalue weighted by atomic mass is 9.91. The summed E-state index contributed by atoms with van der Waals surface area (Å²) in [6.45, 7) is 11.5. The lowest BCUT2D eigenvalue weighted by molar-refractivity contribution is -0.140. The van der Waals surface area contributed by atoms with Gasteiger partial charge in [-0.2, -0.15) is 0 Å². The topological polar surface area (TPSA) is 311 Å². The zero-order valence-electron chi connectivity index (χ0n) is 43.2. The summed E-state index contributed by atoms with van der Waals surface area (Å²) < 4.78 is 23.9. The number of amides is 3. The molecule has 3 aromatic rings. The smallest absolute Gasteiger partial charge is 0.317 e. The van der Waals surface area contributed by atoms with Gasteiger partial charge in [-0.3, -0.25) is 52.9 Å². The molecule has 3 amide bonds. The van der Waals surface area contributed by atoms with Gasteiger partial charge in [-0.05, 0) is 42.2 Å². The third-order valence-electron chi connectivity index (χ3n) is 12.6. The molecule has 0 unspecified atom stereocenters. The highest BCUT2D eigenvalue weighted by molar-refractivity contribution is 5.92. The summed E-state index contributed by atoms with van der Waals surface area (Å²) in [7, 11) is 0. The lowest BCUT2D eigenvalue weighted by Gasteiger charge is -2.39. The van der Waals surface area contributed by atoms with Crippen LogP contribution in [0.5, 0.6) is 11.5 Å². The number of ether oxygens (including phenoxy) is 4. The molecular weight excluding hydrogens is 981 g/mol. The molecular formula is C50H74N10O15. The van der Waals surface area contributed by atoms with Gasteiger partial charge in [-0.15, -0.1) is 10.2 Å². The standard InChI is InChI=1S/C50H74N10O15/c1-4-51-50(71)49-54-53-48(40-27-39(35(2)3)41(61)28-42(40)62)60(49)38-7-5-36(6-8-38)37-29-59(30-37)44(64)9-19-72-21-23-74-25-26-75-24-22-73-20-10-52-43(63)31-55-11-13-56(32-45(65)66)15-17-58(34-47(69)70)18-16-57(14-12-55)33-46(67)68/h5-8,27-28,35,37,61-62H,4,9-26,29-34H2,1-3H3,(H,51,71)(H,52,63)(H,65,66)(H,67,68)(H,69,70). The first kappa shape index (κ1) is 59.6. The molecule has 7 N–H and O–H groups in total. The number of carbonyl (C=O) groups excluding carboxylic acids is 3. The highest BCUT2D eigenvalue weighted by Gasteiger charge is 2.32. The minimum Gasteiger partial charge on any atom is -0.508 e. The maximum Gasteiger partial charge on any atom is 0.317 e. The molecule has 0 aliphatic carbocycles. The molecule has 2 aromatic carbocycles. The minimum atomic E-state index is -1.03. The Labute approximate surface area is 436 Å². The highest BCUT2D eigenvalue weighted by Crippen LogP contribution is 2.38. The van der Waals surface area contributed by atoms with E-state index in [1.165, 1.54) is 6.07 Å². The number of carboxylic acid groups (broad SMARTS) is 3. The van der Waals surface area contributed by atoms with Gasteiger partial charge >= 0.3 is 17.9 Å². The van der Waals surface area contributed by atoms with E-state index in [2.05, 4.69) is 20.8 Å². The summed E-state index contributed by atoms with van der Waals surface area (Å²) in [5, 5.41) is 63.5. The van der Waals surface area contributed by atoms with Gasteiger partial charge in [-0.25, -0.2) is 0 Å². The number of aromatic hydroxyl groups is 2. The van der Waals surface area contributed by atoms with Crippen LogP contribution in [-0.2, 0) is 42.9 Å². The van der Waals surface area contributed by atoms with Gasteiger partial charge in [0.2, 0.25) is 17.6 Å². The molecule has 2 aliphatic heterocycles. The Kier molecular flexibility index (Phi) is 24.5. The Morgan fingerprint density at radius 3 is 1.59 bits per heavy atom. The monoisotopic (exact) mass is 1050 g/mol. The number of nitrogens with one attached hydrogen (secondary N) is 2. The number of hydrogen-bond donors (Lipinski definition) is 7. The number of rotatable bonds is 29. The Bertz CT molecular complexity index is 2300. The van der Waals surface area contributed by atoms with Crippen LogP contribution in [0.2, 0.25) is 0 Å². The predicted molar refractivity (Wildman–Crippen MR) is 271 cm³/mol. The SMILES string of the molecule is CCNC(=O)c1nnc(-c2cc(C(C)C)c(O)cc2O)n1-c1ccc(C2CN(C(=O)CCOCCOCCOCCOCCNC(=O)CN3CCN(CC(=O)O)CCN(CC(=O)O)CCN(CC(=O)O)CC3)C2)cc1. The van der Waals surface area contributed by atoms with Crippen molar-refractivity contribution >= 4 is 35.6 Å². The van der Waals surface area contributed by atoms with Gasteiger partial charge in [0.1, 0.15) is 11.5 Å². The van der Waals surface area contributed by atoms with Crippen molar-refractivity contribution in [2.24, 2.45) is 0 Å². The molecule has 1 aromatic heterocycles. The summed E-state index contributed by atoms with van der Waals surface area (Å²) in [5.41, 5.74) is 2.55. The molecule has 2 saturated heterocycles. The average molecular weight is 1060 g/mol. The fourth-order valence-electron chi connectivity index (χ4n) is 8.50. The second-order valence-electron chi connectivity index (χ2n) is 18.5. The van der Waals surface area contributed by atoms with Crippen LogP contribution in [0.25, 0.3) is 17.1 Å². The normalized spacial score (nSPS) is 15.8. The first-order chi connectivity index (χ1) is 36.0. The molecule has 25 nitrogen and oxygen atoms in total. The van der Waals surface area contributed by atoms with Gasteiger partial charge in [-0.1, -0.05) is 26.0 Å². The van der Waals surface area contributed by atoms with Gasteiger partial charge in [0.25, 0.3) is 5.91 Å². The van der Waals surface area contributed by atoms with Gasteiger partial charge < -0.3 is 60.0 Å². The van der Waals surface area contributed by atoms with Crippen molar-refractivity contribution in [1.82, 2.24) is 49.9 Å². The minimum absolute atomic E-state index is 0.00693.